The topological polar surface area (TPSA) is 61.4 Å². The van der Waals surface area contributed by atoms with Crippen LogP contribution in [0.1, 0.15) is 28.8 Å². The normalized spacial score (nSPS) is 12.2. The molecule has 0 radical (unpaired) electrons. The van der Waals surface area contributed by atoms with Crippen LogP contribution in [0, 0.1) is 11.6 Å². The molecule has 1 unspecified atom stereocenters. The van der Waals surface area contributed by atoms with Crippen LogP contribution in [0.5, 0.6) is 0 Å². The first kappa shape index (κ1) is 29.3. The largest absolute Gasteiger partial charge is 0.383 e. The highest BCUT2D eigenvalue weighted by Crippen LogP contribution is 2.40. The summed E-state index contributed by atoms with van der Waals surface area (Å²) in [6, 6.07) is 10.9. The van der Waals surface area contributed by atoms with E-state index < -0.39 is 33.7 Å². The second-order valence-corrected chi connectivity index (χ2v) is 11.1. The van der Waals surface area contributed by atoms with Crippen LogP contribution in [0.3, 0.4) is 0 Å². The second kappa shape index (κ2) is 11.6. The van der Waals surface area contributed by atoms with Crippen molar-refractivity contribution < 1.29 is 18.4 Å². The molecule has 3 aromatic rings. The summed E-state index contributed by atoms with van der Waals surface area (Å²) in [4.78, 5) is 27.4. The van der Waals surface area contributed by atoms with Gasteiger partial charge in [-0.15, -0.1) is 23.2 Å². The molecule has 5 nitrogen and oxygen atoms in total. The zero-order valence-corrected chi connectivity index (χ0v) is 23.4. The number of hydrogen-bond acceptors (Lipinski definition) is 3. The third-order valence-corrected chi connectivity index (χ3v) is 7.00. The van der Waals surface area contributed by atoms with Crippen molar-refractivity contribution in [1.29, 1.82) is 0 Å². The monoisotopic (exact) mass is 607 g/mol. The van der Waals surface area contributed by atoms with Crippen molar-refractivity contribution in [3.63, 3.8) is 0 Å². The number of halogens is 7. The van der Waals surface area contributed by atoms with Crippen molar-refractivity contribution in [2.45, 2.75) is 17.2 Å². The smallest absolute Gasteiger partial charge is 0.259 e. The molecule has 0 saturated heterocycles. The Morgan fingerprint density at radius 3 is 2.19 bits per heavy atom. The zero-order chi connectivity index (χ0) is 27.7. The quantitative estimate of drug-likeness (QED) is 0.266. The van der Waals surface area contributed by atoms with Crippen molar-refractivity contribution in [3.05, 3.63) is 86.4 Å². The number of carbonyl (C=O) groups is 2. The second-order valence-electron chi connectivity index (χ2n) is 8.12. The molecule has 3 aromatic carbocycles. The standard InChI is InChI=1S/C25H20Cl5F2N3O2/c1-25(29,30)20(12-4-6-16(27)17(28)10-12)23(36)34-13-5-7-15(26)14(11-13)24(37)35(3)19-9-8-18(31)22(33-2)21(19)32/h4-11,20,33H,1-3H3,(H,34,36). The summed E-state index contributed by atoms with van der Waals surface area (Å²) in [5, 5.41) is 5.65. The van der Waals surface area contributed by atoms with Crippen LogP contribution in [-0.4, -0.2) is 30.2 Å². The molecule has 0 bridgehead atoms. The first-order valence-electron chi connectivity index (χ1n) is 10.6. The van der Waals surface area contributed by atoms with Gasteiger partial charge in [0.25, 0.3) is 5.91 Å². The van der Waals surface area contributed by atoms with E-state index >= 15 is 0 Å². The highest BCUT2D eigenvalue weighted by molar-refractivity contribution is 6.50. The fourth-order valence-corrected chi connectivity index (χ4v) is 4.62. The van der Waals surface area contributed by atoms with Gasteiger partial charge in [-0.05, 0) is 55.0 Å². The Bertz CT molecular complexity index is 1360. The molecule has 2 N–H and O–H groups in total. The minimum atomic E-state index is -1.54. The van der Waals surface area contributed by atoms with Crippen LogP contribution >= 0.6 is 58.0 Å². The summed E-state index contributed by atoms with van der Waals surface area (Å²) in [5.74, 6) is -4.13. The van der Waals surface area contributed by atoms with Gasteiger partial charge in [0.2, 0.25) is 5.91 Å². The fourth-order valence-electron chi connectivity index (χ4n) is 3.67. The van der Waals surface area contributed by atoms with Crippen LogP contribution in [0.15, 0.2) is 48.5 Å². The molecule has 0 aliphatic carbocycles. The van der Waals surface area contributed by atoms with E-state index in [2.05, 4.69) is 10.6 Å². The van der Waals surface area contributed by atoms with Crippen molar-refractivity contribution in [1.82, 2.24) is 0 Å². The fraction of sp³-hybridized carbons (Fsp3) is 0.200. The van der Waals surface area contributed by atoms with Crippen LogP contribution in [0.4, 0.5) is 25.8 Å². The van der Waals surface area contributed by atoms with Gasteiger partial charge in [0.1, 0.15) is 15.8 Å². The minimum Gasteiger partial charge on any atom is -0.383 e. The maximum atomic E-state index is 14.8. The summed E-state index contributed by atoms with van der Waals surface area (Å²) in [6.07, 6.45) is 0. The SMILES string of the molecule is CNc1c(F)ccc(N(C)C(=O)c2cc(NC(=O)C(c3ccc(Cl)c(Cl)c3)C(C)(Cl)Cl)ccc2Cl)c1F. The molecule has 2 amide bonds. The van der Waals surface area contributed by atoms with Gasteiger partial charge < -0.3 is 15.5 Å². The molecule has 0 heterocycles. The zero-order valence-electron chi connectivity index (χ0n) is 19.6. The van der Waals surface area contributed by atoms with Gasteiger partial charge in [0.15, 0.2) is 5.82 Å². The first-order chi connectivity index (χ1) is 17.3. The van der Waals surface area contributed by atoms with E-state index in [9.17, 15) is 18.4 Å². The van der Waals surface area contributed by atoms with Gasteiger partial charge in [-0.2, -0.15) is 0 Å². The number of hydrogen-bond donors (Lipinski definition) is 2. The van der Waals surface area contributed by atoms with Crippen LogP contribution in [-0.2, 0) is 4.79 Å². The van der Waals surface area contributed by atoms with E-state index in [4.69, 9.17) is 58.0 Å². The van der Waals surface area contributed by atoms with Gasteiger partial charge >= 0.3 is 0 Å². The van der Waals surface area contributed by atoms with E-state index in [1.807, 2.05) is 0 Å². The van der Waals surface area contributed by atoms with Crippen molar-refractivity contribution >= 4 is 86.9 Å². The maximum absolute atomic E-state index is 14.8. The maximum Gasteiger partial charge on any atom is 0.259 e. The highest BCUT2D eigenvalue weighted by atomic mass is 35.5. The number of carbonyl (C=O) groups excluding carboxylic acids is 2. The molecule has 3 rings (SSSR count). The molecule has 12 heteroatoms. The third kappa shape index (κ3) is 6.41. The van der Waals surface area contributed by atoms with E-state index in [-0.39, 0.29) is 32.7 Å². The summed E-state index contributed by atoms with van der Waals surface area (Å²) in [5.41, 5.74) is 0.00638. The van der Waals surface area contributed by atoms with Gasteiger partial charge in [-0.3, -0.25) is 9.59 Å². The van der Waals surface area contributed by atoms with Gasteiger partial charge in [-0.1, -0.05) is 40.9 Å². The molecule has 0 saturated carbocycles. The Balaban J connectivity index is 1.93. The molecule has 1 atom stereocenters. The van der Waals surface area contributed by atoms with E-state index in [1.165, 1.54) is 51.4 Å². The number of benzene rings is 3. The van der Waals surface area contributed by atoms with E-state index in [0.29, 0.717) is 10.6 Å². The van der Waals surface area contributed by atoms with Crippen molar-refractivity contribution in [2.75, 3.05) is 29.6 Å². The average Bonchev–Trinajstić information content (AvgIpc) is 2.81. The lowest BCUT2D eigenvalue weighted by atomic mass is 9.94. The Morgan fingerprint density at radius 2 is 1.59 bits per heavy atom. The first-order valence-corrected chi connectivity index (χ1v) is 12.5. The van der Waals surface area contributed by atoms with Crippen molar-refractivity contribution in [2.24, 2.45) is 0 Å². The van der Waals surface area contributed by atoms with Gasteiger partial charge in [0.05, 0.1) is 32.2 Å². The molecular weight excluding hydrogens is 590 g/mol. The molecule has 0 aliphatic heterocycles. The number of rotatable bonds is 7. The summed E-state index contributed by atoms with van der Waals surface area (Å²) in [6.45, 7) is 1.45. The summed E-state index contributed by atoms with van der Waals surface area (Å²) in [7, 11) is 2.67. The Hall–Kier alpha value is -2.29. The average molecular weight is 610 g/mol. The predicted molar refractivity (Wildman–Crippen MR) is 148 cm³/mol. The van der Waals surface area contributed by atoms with Gasteiger partial charge in [-0.25, -0.2) is 8.78 Å². The molecular formula is C25H20Cl5F2N3O2. The third-order valence-electron chi connectivity index (χ3n) is 5.50. The van der Waals surface area contributed by atoms with Gasteiger partial charge in [0, 0.05) is 19.8 Å². The molecule has 0 fully saturated rings. The van der Waals surface area contributed by atoms with E-state index in [0.717, 1.165) is 17.0 Å². The van der Waals surface area contributed by atoms with Crippen LogP contribution in [0.25, 0.3) is 0 Å². The highest BCUT2D eigenvalue weighted by Gasteiger charge is 2.38. The number of nitrogens with one attached hydrogen (secondary N) is 2. The van der Waals surface area contributed by atoms with E-state index in [1.54, 1.807) is 6.07 Å². The molecule has 37 heavy (non-hydrogen) atoms. The van der Waals surface area contributed by atoms with Crippen LogP contribution < -0.4 is 15.5 Å². The number of nitrogens with zero attached hydrogens (tertiary/aromatic N) is 1. The molecule has 196 valence electrons. The predicted octanol–water partition coefficient (Wildman–Crippen LogP) is 8.16. The van der Waals surface area contributed by atoms with Crippen LogP contribution in [0.2, 0.25) is 15.1 Å². The molecule has 0 spiro atoms. The molecule has 0 aromatic heterocycles. The lowest BCUT2D eigenvalue weighted by molar-refractivity contribution is -0.117. The number of anilines is 3. The Morgan fingerprint density at radius 1 is 0.946 bits per heavy atom. The number of alkyl halides is 2. The number of amides is 2. The Kier molecular flexibility index (Phi) is 9.19. The van der Waals surface area contributed by atoms with Crippen molar-refractivity contribution in [3.8, 4) is 0 Å². The summed E-state index contributed by atoms with van der Waals surface area (Å²) >= 11 is 31.0. The Labute approximate surface area is 237 Å². The lowest BCUT2D eigenvalue weighted by Crippen LogP contribution is -2.32. The lowest BCUT2D eigenvalue weighted by Gasteiger charge is -2.26. The summed E-state index contributed by atoms with van der Waals surface area (Å²) < 4.78 is 27.1. The molecule has 0 aliphatic rings. The minimum absolute atomic E-state index is 0.0395.